The molecule has 82 valence electrons. The summed E-state index contributed by atoms with van der Waals surface area (Å²) in [6.07, 6.45) is 7.04. The fourth-order valence-corrected chi connectivity index (χ4v) is 2.71. The van der Waals surface area contributed by atoms with Crippen LogP contribution >= 0.6 is 0 Å². The molecular formula is C12H24N2. The van der Waals surface area contributed by atoms with Crippen LogP contribution < -0.4 is 5.32 Å². The third-order valence-corrected chi connectivity index (χ3v) is 3.86. The number of rotatable bonds is 1. The number of likely N-dealkylation sites (tertiary alicyclic amines) is 1. The van der Waals surface area contributed by atoms with Gasteiger partial charge in [0.05, 0.1) is 0 Å². The Balaban J connectivity index is 1.81. The quantitative estimate of drug-likeness (QED) is 0.688. The molecule has 2 aliphatic rings. The molecule has 0 amide bonds. The van der Waals surface area contributed by atoms with Crippen LogP contribution in [-0.2, 0) is 0 Å². The van der Waals surface area contributed by atoms with Gasteiger partial charge < -0.3 is 5.32 Å². The fourth-order valence-electron chi connectivity index (χ4n) is 2.71. The van der Waals surface area contributed by atoms with Gasteiger partial charge in [-0.15, -0.1) is 0 Å². The average Bonchev–Trinajstić information content (AvgIpc) is 2.47. The molecule has 0 bridgehead atoms. The molecule has 2 heteroatoms. The highest BCUT2D eigenvalue weighted by molar-refractivity contribution is 4.80. The van der Waals surface area contributed by atoms with Crippen LogP contribution in [0.2, 0.25) is 0 Å². The summed E-state index contributed by atoms with van der Waals surface area (Å²) in [4.78, 5) is 2.72. The molecule has 2 fully saturated rings. The molecule has 1 atom stereocenters. The second-order valence-electron chi connectivity index (χ2n) is 5.07. The first-order valence-electron chi connectivity index (χ1n) is 6.31. The molecule has 2 nitrogen and oxygen atoms in total. The molecule has 2 heterocycles. The highest BCUT2D eigenvalue weighted by atomic mass is 15.2. The minimum Gasteiger partial charge on any atom is -0.315 e. The van der Waals surface area contributed by atoms with Crippen molar-refractivity contribution in [2.75, 3.05) is 26.2 Å². The van der Waals surface area contributed by atoms with Gasteiger partial charge in [-0.2, -0.15) is 0 Å². The Hall–Kier alpha value is -0.0800. The lowest BCUT2D eigenvalue weighted by atomic mass is 9.97. The summed E-state index contributed by atoms with van der Waals surface area (Å²) in [5.74, 6) is 0.963. The van der Waals surface area contributed by atoms with Gasteiger partial charge >= 0.3 is 0 Å². The predicted octanol–water partition coefficient (Wildman–Crippen LogP) is 1.86. The standard InChI is InChI=1S/C12H24N2/c1-11-5-8-14(9-6-11)12-4-2-3-7-13-10-12/h11-13H,2-10H2,1H3. The lowest BCUT2D eigenvalue weighted by Gasteiger charge is -2.36. The molecular weight excluding hydrogens is 172 g/mol. The first-order valence-corrected chi connectivity index (χ1v) is 6.31. The van der Waals surface area contributed by atoms with E-state index in [0.717, 1.165) is 12.0 Å². The van der Waals surface area contributed by atoms with E-state index < -0.39 is 0 Å². The zero-order valence-electron chi connectivity index (χ0n) is 9.47. The maximum atomic E-state index is 3.56. The van der Waals surface area contributed by atoms with Crippen molar-refractivity contribution < 1.29 is 0 Å². The van der Waals surface area contributed by atoms with Gasteiger partial charge in [0.2, 0.25) is 0 Å². The molecule has 0 radical (unpaired) electrons. The summed E-state index contributed by atoms with van der Waals surface area (Å²) in [5, 5.41) is 3.56. The zero-order valence-corrected chi connectivity index (χ0v) is 9.47. The van der Waals surface area contributed by atoms with E-state index in [1.807, 2.05) is 0 Å². The fraction of sp³-hybridized carbons (Fsp3) is 1.00. The van der Waals surface area contributed by atoms with Crippen molar-refractivity contribution in [1.29, 1.82) is 0 Å². The number of hydrogen-bond donors (Lipinski definition) is 1. The maximum absolute atomic E-state index is 3.56. The minimum absolute atomic E-state index is 0.838. The lowest BCUT2D eigenvalue weighted by Crippen LogP contribution is -2.45. The third kappa shape index (κ3) is 2.71. The van der Waals surface area contributed by atoms with Crippen molar-refractivity contribution in [1.82, 2.24) is 10.2 Å². The summed E-state index contributed by atoms with van der Waals surface area (Å²) in [6, 6.07) is 0.838. The molecule has 2 saturated heterocycles. The van der Waals surface area contributed by atoms with E-state index in [2.05, 4.69) is 17.1 Å². The Morgan fingerprint density at radius 3 is 2.64 bits per heavy atom. The summed E-state index contributed by atoms with van der Waals surface area (Å²) < 4.78 is 0. The van der Waals surface area contributed by atoms with Crippen LogP contribution in [0.5, 0.6) is 0 Å². The summed E-state index contributed by atoms with van der Waals surface area (Å²) >= 11 is 0. The van der Waals surface area contributed by atoms with E-state index in [9.17, 15) is 0 Å². The Bertz CT molecular complexity index is 154. The van der Waals surface area contributed by atoms with E-state index in [1.54, 1.807) is 0 Å². The molecule has 1 unspecified atom stereocenters. The van der Waals surface area contributed by atoms with Gasteiger partial charge in [-0.3, -0.25) is 4.90 Å². The van der Waals surface area contributed by atoms with Crippen molar-refractivity contribution in [2.24, 2.45) is 5.92 Å². The Morgan fingerprint density at radius 2 is 1.86 bits per heavy atom. The van der Waals surface area contributed by atoms with Crippen LogP contribution in [0.4, 0.5) is 0 Å². The van der Waals surface area contributed by atoms with E-state index in [1.165, 1.54) is 58.3 Å². The molecule has 0 spiro atoms. The second-order valence-corrected chi connectivity index (χ2v) is 5.07. The molecule has 2 rings (SSSR count). The molecule has 0 aromatic carbocycles. The Morgan fingerprint density at radius 1 is 1.07 bits per heavy atom. The normalized spacial score (nSPS) is 32.8. The number of piperidine rings is 1. The lowest BCUT2D eigenvalue weighted by molar-refractivity contribution is 0.132. The minimum atomic E-state index is 0.838. The van der Waals surface area contributed by atoms with Gasteiger partial charge in [0.25, 0.3) is 0 Å². The second kappa shape index (κ2) is 5.13. The van der Waals surface area contributed by atoms with Crippen molar-refractivity contribution >= 4 is 0 Å². The number of nitrogens with one attached hydrogen (secondary N) is 1. The smallest absolute Gasteiger partial charge is 0.0220 e. The van der Waals surface area contributed by atoms with Gasteiger partial charge in [-0.1, -0.05) is 13.3 Å². The number of nitrogens with zero attached hydrogens (tertiary/aromatic N) is 1. The van der Waals surface area contributed by atoms with E-state index in [4.69, 9.17) is 0 Å². The third-order valence-electron chi connectivity index (χ3n) is 3.86. The van der Waals surface area contributed by atoms with Crippen molar-refractivity contribution in [3.05, 3.63) is 0 Å². The van der Waals surface area contributed by atoms with Crippen LogP contribution in [0.1, 0.15) is 39.0 Å². The summed E-state index contributed by atoms with van der Waals surface area (Å²) in [6.45, 7) is 7.54. The molecule has 2 aliphatic heterocycles. The first-order chi connectivity index (χ1) is 6.86. The average molecular weight is 196 g/mol. The Kier molecular flexibility index (Phi) is 3.82. The van der Waals surface area contributed by atoms with Crippen molar-refractivity contribution in [2.45, 2.75) is 45.1 Å². The molecule has 0 aromatic rings. The van der Waals surface area contributed by atoms with E-state index >= 15 is 0 Å². The molecule has 0 aromatic heterocycles. The number of hydrogen-bond acceptors (Lipinski definition) is 2. The highest BCUT2D eigenvalue weighted by Gasteiger charge is 2.23. The molecule has 0 saturated carbocycles. The van der Waals surface area contributed by atoms with E-state index in [0.29, 0.717) is 0 Å². The summed E-state index contributed by atoms with van der Waals surface area (Å²) in [5.41, 5.74) is 0. The summed E-state index contributed by atoms with van der Waals surface area (Å²) in [7, 11) is 0. The van der Waals surface area contributed by atoms with Gasteiger partial charge in [-0.05, 0) is 51.2 Å². The highest BCUT2D eigenvalue weighted by Crippen LogP contribution is 2.20. The largest absolute Gasteiger partial charge is 0.315 e. The van der Waals surface area contributed by atoms with Crippen LogP contribution in [0, 0.1) is 5.92 Å². The van der Waals surface area contributed by atoms with Crippen LogP contribution in [0.3, 0.4) is 0 Å². The van der Waals surface area contributed by atoms with Gasteiger partial charge in [0, 0.05) is 12.6 Å². The Labute approximate surface area is 88.1 Å². The van der Waals surface area contributed by atoms with Crippen LogP contribution in [0.15, 0.2) is 0 Å². The zero-order chi connectivity index (χ0) is 9.80. The maximum Gasteiger partial charge on any atom is 0.0220 e. The molecule has 14 heavy (non-hydrogen) atoms. The van der Waals surface area contributed by atoms with Crippen molar-refractivity contribution in [3.8, 4) is 0 Å². The van der Waals surface area contributed by atoms with Gasteiger partial charge in [-0.25, -0.2) is 0 Å². The van der Waals surface area contributed by atoms with Gasteiger partial charge in [0.15, 0.2) is 0 Å². The monoisotopic (exact) mass is 196 g/mol. The molecule has 1 N–H and O–H groups in total. The predicted molar refractivity (Wildman–Crippen MR) is 60.5 cm³/mol. The molecule has 0 aliphatic carbocycles. The topological polar surface area (TPSA) is 15.3 Å². The first kappa shape index (κ1) is 10.4. The van der Waals surface area contributed by atoms with Gasteiger partial charge in [0.1, 0.15) is 0 Å². The van der Waals surface area contributed by atoms with Crippen LogP contribution in [-0.4, -0.2) is 37.1 Å². The van der Waals surface area contributed by atoms with Crippen molar-refractivity contribution in [3.63, 3.8) is 0 Å². The van der Waals surface area contributed by atoms with E-state index in [-0.39, 0.29) is 0 Å². The SMILES string of the molecule is CC1CCN(C2CCCCNC2)CC1. The van der Waals surface area contributed by atoms with Crippen LogP contribution in [0.25, 0.3) is 0 Å².